The molecule has 4 nitrogen and oxygen atoms in total. The van der Waals surface area contributed by atoms with E-state index in [0.717, 1.165) is 29.6 Å². The number of aromatic nitrogens is 1. The van der Waals surface area contributed by atoms with Crippen LogP contribution in [0.4, 0.5) is 0 Å². The topological polar surface area (TPSA) is 54.0 Å². The number of carbonyl (C=O) groups is 1. The number of carbonyl (C=O) groups excluding carboxylic acids is 1. The molecule has 1 unspecified atom stereocenters. The maximum absolute atomic E-state index is 11.1. The number of nitrogens with one attached hydrogen (secondary N) is 2. The molecule has 98 valence electrons. The van der Waals surface area contributed by atoms with Gasteiger partial charge in [0.15, 0.2) is 0 Å². The van der Waals surface area contributed by atoms with Crippen molar-refractivity contribution in [3.05, 3.63) is 42.1 Å². The molecule has 1 fully saturated rings. The minimum atomic E-state index is 0.155. The largest absolute Gasteiger partial charge is 0.355 e. The Labute approximate surface area is 112 Å². The first kappa shape index (κ1) is 12.1. The Balaban J connectivity index is 1.63. The van der Waals surface area contributed by atoms with Gasteiger partial charge in [0.2, 0.25) is 5.91 Å². The molecule has 0 bridgehead atoms. The van der Waals surface area contributed by atoms with Crippen molar-refractivity contribution in [3.63, 3.8) is 0 Å². The second-order valence-corrected chi connectivity index (χ2v) is 4.92. The monoisotopic (exact) mass is 255 g/mol. The van der Waals surface area contributed by atoms with Crippen molar-refractivity contribution in [2.45, 2.75) is 25.4 Å². The molecule has 3 rings (SSSR count). The zero-order chi connectivity index (χ0) is 13.1. The minimum absolute atomic E-state index is 0.155. The molecular formula is C15H17N3O. The van der Waals surface area contributed by atoms with Gasteiger partial charge in [-0.2, -0.15) is 0 Å². The third-order valence-electron chi connectivity index (χ3n) is 3.49. The average Bonchev–Trinajstić information content (AvgIpc) is 2.46. The van der Waals surface area contributed by atoms with E-state index in [1.807, 2.05) is 18.2 Å². The van der Waals surface area contributed by atoms with Crippen LogP contribution >= 0.6 is 0 Å². The Kier molecular flexibility index (Phi) is 3.42. The number of piperidine rings is 1. The van der Waals surface area contributed by atoms with E-state index in [4.69, 9.17) is 0 Å². The standard InChI is InChI=1S/C15H17N3O/c19-15-8-7-12(9-17-15)16-10-13-6-5-11-3-1-2-4-14(11)18-13/h1-6,12,16H,7-10H2,(H,17,19). The highest BCUT2D eigenvalue weighted by Gasteiger charge is 2.17. The quantitative estimate of drug-likeness (QED) is 0.876. The van der Waals surface area contributed by atoms with Gasteiger partial charge < -0.3 is 10.6 Å². The van der Waals surface area contributed by atoms with Crippen LogP contribution in [0.1, 0.15) is 18.5 Å². The fraction of sp³-hybridized carbons (Fsp3) is 0.333. The third-order valence-corrected chi connectivity index (χ3v) is 3.49. The lowest BCUT2D eigenvalue weighted by molar-refractivity contribution is -0.122. The third kappa shape index (κ3) is 2.90. The summed E-state index contributed by atoms with van der Waals surface area (Å²) in [6.45, 7) is 1.46. The van der Waals surface area contributed by atoms with Gasteiger partial charge in [-0.05, 0) is 18.6 Å². The number of benzene rings is 1. The molecule has 2 aromatic rings. The molecule has 1 aliphatic heterocycles. The Hall–Kier alpha value is -1.94. The number of rotatable bonds is 3. The van der Waals surface area contributed by atoms with Crippen LogP contribution < -0.4 is 10.6 Å². The molecule has 0 aliphatic carbocycles. The predicted octanol–water partition coefficient (Wildman–Crippen LogP) is 1.60. The molecule has 1 saturated heterocycles. The number of hydrogen-bond donors (Lipinski definition) is 2. The number of hydrogen-bond acceptors (Lipinski definition) is 3. The number of para-hydroxylation sites is 1. The first-order valence-electron chi connectivity index (χ1n) is 6.66. The lowest BCUT2D eigenvalue weighted by atomic mass is 10.1. The van der Waals surface area contributed by atoms with Gasteiger partial charge in [-0.25, -0.2) is 0 Å². The molecule has 4 heteroatoms. The molecule has 1 atom stereocenters. The summed E-state index contributed by atoms with van der Waals surface area (Å²) in [6.07, 6.45) is 1.52. The van der Waals surface area contributed by atoms with Crippen molar-refractivity contribution in [2.75, 3.05) is 6.54 Å². The van der Waals surface area contributed by atoms with Crippen LogP contribution in [0.25, 0.3) is 10.9 Å². The van der Waals surface area contributed by atoms with Crippen LogP contribution in [0.2, 0.25) is 0 Å². The van der Waals surface area contributed by atoms with E-state index >= 15 is 0 Å². The zero-order valence-corrected chi connectivity index (χ0v) is 10.7. The van der Waals surface area contributed by atoms with E-state index in [-0.39, 0.29) is 5.91 Å². The van der Waals surface area contributed by atoms with E-state index in [2.05, 4.69) is 33.8 Å². The van der Waals surface area contributed by atoms with Crippen LogP contribution in [-0.2, 0) is 11.3 Å². The molecule has 0 radical (unpaired) electrons. The van der Waals surface area contributed by atoms with Crippen molar-refractivity contribution in [3.8, 4) is 0 Å². The lowest BCUT2D eigenvalue weighted by Crippen LogP contribution is -2.45. The molecule has 0 saturated carbocycles. The number of amides is 1. The van der Waals surface area contributed by atoms with Gasteiger partial charge in [-0.15, -0.1) is 0 Å². The summed E-state index contributed by atoms with van der Waals surface area (Å²) in [6, 6.07) is 12.6. The highest BCUT2D eigenvalue weighted by atomic mass is 16.1. The Morgan fingerprint density at radius 1 is 1.26 bits per heavy atom. The first-order chi connectivity index (χ1) is 9.31. The fourth-order valence-electron chi connectivity index (χ4n) is 2.36. The summed E-state index contributed by atoms with van der Waals surface area (Å²) < 4.78 is 0. The van der Waals surface area contributed by atoms with Crippen LogP contribution in [0.5, 0.6) is 0 Å². The second-order valence-electron chi connectivity index (χ2n) is 4.92. The Morgan fingerprint density at radius 3 is 3.00 bits per heavy atom. The number of fused-ring (bicyclic) bond motifs is 1. The van der Waals surface area contributed by atoms with Crippen LogP contribution in [-0.4, -0.2) is 23.5 Å². The highest BCUT2D eigenvalue weighted by molar-refractivity contribution is 5.78. The van der Waals surface area contributed by atoms with Gasteiger partial charge >= 0.3 is 0 Å². The molecule has 0 spiro atoms. The zero-order valence-electron chi connectivity index (χ0n) is 10.7. The number of nitrogens with zero attached hydrogens (tertiary/aromatic N) is 1. The van der Waals surface area contributed by atoms with Gasteiger partial charge in [0.1, 0.15) is 0 Å². The van der Waals surface area contributed by atoms with Crippen molar-refractivity contribution in [2.24, 2.45) is 0 Å². The van der Waals surface area contributed by atoms with E-state index in [0.29, 0.717) is 19.0 Å². The molecule has 1 aromatic heterocycles. The predicted molar refractivity (Wildman–Crippen MR) is 74.6 cm³/mol. The van der Waals surface area contributed by atoms with E-state index in [1.54, 1.807) is 0 Å². The van der Waals surface area contributed by atoms with E-state index < -0.39 is 0 Å². The van der Waals surface area contributed by atoms with Crippen LogP contribution in [0.15, 0.2) is 36.4 Å². The Morgan fingerprint density at radius 2 is 2.16 bits per heavy atom. The SMILES string of the molecule is O=C1CCC(NCc2ccc3ccccc3n2)CN1. The smallest absolute Gasteiger partial charge is 0.220 e. The second kappa shape index (κ2) is 5.36. The van der Waals surface area contributed by atoms with Crippen molar-refractivity contribution in [1.82, 2.24) is 15.6 Å². The number of pyridine rings is 1. The van der Waals surface area contributed by atoms with Gasteiger partial charge in [-0.3, -0.25) is 9.78 Å². The van der Waals surface area contributed by atoms with Crippen molar-refractivity contribution in [1.29, 1.82) is 0 Å². The molecule has 1 aromatic carbocycles. The van der Waals surface area contributed by atoms with Gasteiger partial charge in [-0.1, -0.05) is 24.3 Å². The molecule has 2 heterocycles. The summed E-state index contributed by atoms with van der Waals surface area (Å²) in [5.41, 5.74) is 2.06. The normalized spacial score (nSPS) is 19.4. The summed E-state index contributed by atoms with van der Waals surface area (Å²) in [5.74, 6) is 0.155. The van der Waals surface area contributed by atoms with Crippen LogP contribution in [0.3, 0.4) is 0 Å². The maximum Gasteiger partial charge on any atom is 0.220 e. The molecule has 1 aliphatic rings. The summed E-state index contributed by atoms with van der Waals surface area (Å²) in [7, 11) is 0. The fourth-order valence-corrected chi connectivity index (χ4v) is 2.36. The van der Waals surface area contributed by atoms with E-state index in [1.165, 1.54) is 0 Å². The van der Waals surface area contributed by atoms with Crippen molar-refractivity contribution < 1.29 is 4.79 Å². The van der Waals surface area contributed by atoms with Gasteiger partial charge in [0.05, 0.1) is 11.2 Å². The highest BCUT2D eigenvalue weighted by Crippen LogP contribution is 2.12. The Bertz CT molecular complexity index is 587. The summed E-state index contributed by atoms with van der Waals surface area (Å²) in [4.78, 5) is 15.7. The molecule has 19 heavy (non-hydrogen) atoms. The van der Waals surface area contributed by atoms with Crippen LogP contribution in [0, 0.1) is 0 Å². The maximum atomic E-state index is 11.1. The lowest BCUT2D eigenvalue weighted by Gasteiger charge is -2.23. The average molecular weight is 255 g/mol. The summed E-state index contributed by atoms with van der Waals surface area (Å²) >= 11 is 0. The molecule has 2 N–H and O–H groups in total. The van der Waals surface area contributed by atoms with Gasteiger partial charge in [0.25, 0.3) is 0 Å². The van der Waals surface area contributed by atoms with Crippen molar-refractivity contribution >= 4 is 16.8 Å². The molecular weight excluding hydrogens is 238 g/mol. The minimum Gasteiger partial charge on any atom is -0.355 e. The van der Waals surface area contributed by atoms with Gasteiger partial charge in [0, 0.05) is 30.9 Å². The first-order valence-corrected chi connectivity index (χ1v) is 6.66. The molecule has 1 amide bonds. The van der Waals surface area contributed by atoms with E-state index in [9.17, 15) is 4.79 Å². The summed E-state index contributed by atoms with van der Waals surface area (Å²) in [5, 5.41) is 7.49.